The van der Waals surface area contributed by atoms with Crippen LogP contribution in [0.25, 0.3) is 0 Å². The molecule has 1 unspecified atom stereocenters. The molecule has 1 saturated heterocycles. The van der Waals surface area contributed by atoms with E-state index in [1.165, 1.54) is 0 Å². The molecule has 1 aromatic rings. The normalized spacial score (nSPS) is 21.5. The van der Waals surface area contributed by atoms with Crippen LogP contribution in [-0.4, -0.2) is 24.9 Å². The summed E-state index contributed by atoms with van der Waals surface area (Å²) in [6.45, 7) is 5.77. The van der Waals surface area contributed by atoms with Gasteiger partial charge >= 0.3 is 0 Å². The van der Waals surface area contributed by atoms with Crippen molar-refractivity contribution in [3.8, 4) is 0 Å². The van der Waals surface area contributed by atoms with Crippen LogP contribution in [0.5, 0.6) is 0 Å². The zero-order valence-corrected chi connectivity index (χ0v) is 12.6. The molecule has 0 aromatic heterocycles. The molecule has 4 N–H and O–H groups in total. The lowest BCUT2D eigenvalue weighted by molar-refractivity contribution is -0.127. The summed E-state index contributed by atoms with van der Waals surface area (Å²) in [4.78, 5) is 23.5. The van der Waals surface area contributed by atoms with E-state index in [1.54, 1.807) is 0 Å². The highest BCUT2D eigenvalue weighted by molar-refractivity contribution is 5.96. The number of rotatable bonds is 5. The summed E-state index contributed by atoms with van der Waals surface area (Å²) in [6, 6.07) is 7.25. The Morgan fingerprint density at radius 3 is 2.48 bits per heavy atom. The number of carbonyl (C=O) groups is 2. The van der Waals surface area contributed by atoms with Gasteiger partial charge in [0.2, 0.25) is 11.8 Å². The Morgan fingerprint density at radius 2 is 2.00 bits per heavy atom. The van der Waals surface area contributed by atoms with Crippen LogP contribution in [0.1, 0.15) is 25.8 Å². The van der Waals surface area contributed by atoms with Crippen LogP contribution in [0.4, 0.5) is 5.69 Å². The van der Waals surface area contributed by atoms with Gasteiger partial charge in [-0.25, -0.2) is 0 Å². The van der Waals surface area contributed by atoms with Gasteiger partial charge in [0.25, 0.3) is 0 Å². The summed E-state index contributed by atoms with van der Waals surface area (Å²) < 4.78 is 0. The molecule has 0 aliphatic carbocycles. The van der Waals surface area contributed by atoms with Crippen molar-refractivity contribution >= 4 is 17.5 Å². The van der Waals surface area contributed by atoms with Crippen LogP contribution in [-0.2, 0) is 16.0 Å². The van der Waals surface area contributed by atoms with Gasteiger partial charge in [-0.15, -0.1) is 0 Å². The van der Waals surface area contributed by atoms with E-state index in [2.05, 4.69) is 24.5 Å². The molecule has 5 heteroatoms. The lowest BCUT2D eigenvalue weighted by Gasteiger charge is -2.31. The molecule has 1 aliphatic rings. The first kappa shape index (κ1) is 15.5. The van der Waals surface area contributed by atoms with Crippen molar-refractivity contribution in [1.29, 1.82) is 0 Å². The van der Waals surface area contributed by atoms with Crippen LogP contribution in [0.3, 0.4) is 0 Å². The van der Waals surface area contributed by atoms with Gasteiger partial charge < -0.3 is 16.4 Å². The molecule has 21 heavy (non-hydrogen) atoms. The number of primary amides is 1. The second kappa shape index (κ2) is 6.26. The number of hydrogen-bond acceptors (Lipinski definition) is 3. The highest BCUT2D eigenvalue weighted by Gasteiger charge is 2.43. The zero-order valence-electron chi connectivity index (χ0n) is 12.6. The average Bonchev–Trinajstić information content (AvgIpc) is 2.91. The summed E-state index contributed by atoms with van der Waals surface area (Å²) in [5, 5.41) is 6.27. The zero-order chi connectivity index (χ0) is 15.5. The van der Waals surface area contributed by atoms with Gasteiger partial charge in [0, 0.05) is 12.2 Å². The van der Waals surface area contributed by atoms with Gasteiger partial charge in [-0.2, -0.15) is 0 Å². The Hall–Kier alpha value is -1.88. The number of anilines is 1. The second-order valence-corrected chi connectivity index (χ2v) is 6.03. The summed E-state index contributed by atoms with van der Waals surface area (Å²) >= 11 is 0. The van der Waals surface area contributed by atoms with Gasteiger partial charge in [-0.3, -0.25) is 9.59 Å². The fraction of sp³-hybridized carbons (Fsp3) is 0.500. The van der Waals surface area contributed by atoms with Gasteiger partial charge in [0.15, 0.2) is 0 Å². The first-order chi connectivity index (χ1) is 9.94. The molecule has 0 spiro atoms. The van der Waals surface area contributed by atoms with Crippen molar-refractivity contribution in [3.05, 3.63) is 29.8 Å². The van der Waals surface area contributed by atoms with Crippen molar-refractivity contribution in [1.82, 2.24) is 5.32 Å². The molecule has 1 heterocycles. The van der Waals surface area contributed by atoms with Crippen LogP contribution >= 0.6 is 0 Å². The Morgan fingerprint density at radius 1 is 1.33 bits per heavy atom. The minimum absolute atomic E-state index is 0.0603. The van der Waals surface area contributed by atoms with E-state index in [0.717, 1.165) is 30.8 Å². The van der Waals surface area contributed by atoms with Gasteiger partial charge in [0.1, 0.15) is 0 Å². The van der Waals surface area contributed by atoms with E-state index in [9.17, 15) is 9.59 Å². The predicted octanol–water partition coefficient (Wildman–Crippen LogP) is 1.29. The fourth-order valence-corrected chi connectivity index (χ4v) is 2.82. The smallest absolute Gasteiger partial charge is 0.232 e. The van der Waals surface area contributed by atoms with Gasteiger partial charge in [-0.1, -0.05) is 26.0 Å². The van der Waals surface area contributed by atoms with E-state index < -0.39 is 0 Å². The number of hydrogen-bond donors (Lipinski definition) is 3. The minimum Gasteiger partial charge on any atom is -0.369 e. The first-order valence-corrected chi connectivity index (χ1v) is 7.33. The van der Waals surface area contributed by atoms with Gasteiger partial charge in [0.05, 0.1) is 11.8 Å². The second-order valence-electron chi connectivity index (χ2n) is 6.03. The molecule has 114 valence electrons. The average molecular weight is 289 g/mol. The fourth-order valence-electron chi connectivity index (χ4n) is 2.82. The molecular formula is C16H23N3O2. The third-order valence-electron chi connectivity index (χ3n) is 4.34. The van der Waals surface area contributed by atoms with Crippen LogP contribution in [0.15, 0.2) is 24.3 Å². The molecule has 5 nitrogen and oxygen atoms in total. The molecule has 2 amide bonds. The van der Waals surface area contributed by atoms with E-state index >= 15 is 0 Å². The molecule has 2 rings (SSSR count). The monoisotopic (exact) mass is 289 g/mol. The van der Waals surface area contributed by atoms with E-state index in [1.807, 2.05) is 24.3 Å². The highest BCUT2D eigenvalue weighted by atomic mass is 16.2. The number of nitrogens with two attached hydrogens (primary N) is 1. The molecule has 1 atom stereocenters. The molecular weight excluding hydrogens is 266 g/mol. The molecule has 1 aromatic carbocycles. The van der Waals surface area contributed by atoms with Crippen molar-refractivity contribution < 1.29 is 9.59 Å². The quantitative estimate of drug-likeness (QED) is 0.763. The number of carbonyl (C=O) groups excluding carboxylic acids is 2. The standard InChI is InChI=1S/C16H23N3O2/c1-11(2)16(7-8-18-10-16)15(21)19-13-5-3-12(4-6-13)9-14(17)20/h3-6,11,18H,7-10H2,1-2H3,(H2,17,20)(H,19,21). The minimum atomic E-state index is -0.359. The van der Waals surface area contributed by atoms with E-state index in [-0.39, 0.29) is 29.6 Å². The Balaban J connectivity index is 2.07. The maximum absolute atomic E-state index is 12.6. The number of benzene rings is 1. The van der Waals surface area contributed by atoms with Crippen molar-refractivity contribution in [3.63, 3.8) is 0 Å². The molecule has 1 aliphatic heterocycles. The molecule has 0 saturated carbocycles. The number of nitrogens with one attached hydrogen (secondary N) is 2. The predicted molar refractivity (Wildman–Crippen MR) is 82.7 cm³/mol. The van der Waals surface area contributed by atoms with Crippen LogP contribution < -0.4 is 16.4 Å². The van der Waals surface area contributed by atoms with E-state index in [4.69, 9.17) is 5.73 Å². The third-order valence-corrected chi connectivity index (χ3v) is 4.34. The summed E-state index contributed by atoms with van der Waals surface area (Å²) in [7, 11) is 0. The topological polar surface area (TPSA) is 84.2 Å². The summed E-state index contributed by atoms with van der Waals surface area (Å²) in [5.74, 6) is -0.0191. The van der Waals surface area contributed by atoms with Crippen molar-refractivity contribution in [2.45, 2.75) is 26.7 Å². The Bertz CT molecular complexity index is 517. The van der Waals surface area contributed by atoms with Gasteiger partial charge in [-0.05, 0) is 36.6 Å². The van der Waals surface area contributed by atoms with E-state index in [0.29, 0.717) is 0 Å². The SMILES string of the molecule is CC(C)C1(C(=O)Nc2ccc(CC(N)=O)cc2)CCNC1. The molecule has 0 radical (unpaired) electrons. The molecule has 0 bridgehead atoms. The third kappa shape index (κ3) is 3.42. The lowest BCUT2D eigenvalue weighted by Crippen LogP contribution is -2.42. The van der Waals surface area contributed by atoms with Crippen LogP contribution in [0.2, 0.25) is 0 Å². The van der Waals surface area contributed by atoms with Crippen molar-refractivity contribution in [2.24, 2.45) is 17.1 Å². The first-order valence-electron chi connectivity index (χ1n) is 7.33. The van der Waals surface area contributed by atoms with Crippen molar-refractivity contribution in [2.75, 3.05) is 18.4 Å². The maximum Gasteiger partial charge on any atom is 0.232 e. The molecule has 1 fully saturated rings. The summed E-state index contributed by atoms with van der Waals surface area (Å²) in [5.41, 5.74) is 6.42. The number of amides is 2. The summed E-state index contributed by atoms with van der Waals surface area (Å²) in [6.07, 6.45) is 1.07. The van der Waals surface area contributed by atoms with Crippen LogP contribution in [0, 0.1) is 11.3 Å². The largest absolute Gasteiger partial charge is 0.369 e. The highest BCUT2D eigenvalue weighted by Crippen LogP contribution is 2.35. The maximum atomic E-state index is 12.6. The Kier molecular flexibility index (Phi) is 4.63. The Labute approximate surface area is 125 Å². The lowest BCUT2D eigenvalue weighted by atomic mass is 9.75.